The standard InChI is InChI=1S/C40H44N2O8/c1-41-10-9-20-13-35(48-7)40(49-8)38-24-18-32(46-5)33(15-22(24)11-27(41)36(20)38)50-29-19-34(47-6)39(43)37-25(29)16-26-23-17-31(45-4)30(44-3)14-21(23)12-28(37)42(26)2/h13-15,17-19,26-28,43H,9-12,16H2,1-8H3. The minimum atomic E-state index is -0.104. The maximum Gasteiger partial charge on any atom is 0.169 e. The summed E-state index contributed by atoms with van der Waals surface area (Å²) in [5.74, 6) is 5.18. The molecule has 0 saturated heterocycles. The van der Waals surface area contributed by atoms with E-state index in [0.29, 0.717) is 47.3 Å². The third kappa shape index (κ3) is 4.68. The lowest BCUT2D eigenvalue weighted by atomic mass is 9.76. The Labute approximate surface area is 293 Å². The molecule has 8 rings (SSSR count). The first-order valence-corrected chi connectivity index (χ1v) is 17.0. The monoisotopic (exact) mass is 680 g/mol. The van der Waals surface area contributed by atoms with E-state index in [-0.39, 0.29) is 23.9 Å². The number of nitrogens with zero attached hydrogens (tertiary/aromatic N) is 2. The van der Waals surface area contributed by atoms with E-state index in [1.165, 1.54) is 22.3 Å². The van der Waals surface area contributed by atoms with Gasteiger partial charge in [0.2, 0.25) is 0 Å². The fourth-order valence-corrected chi connectivity index (χ4v) is 8.88. The second-order valence-corrected chi connectivity index (χ2v) is 13.6. The lowest BCUT2D eigenvalue weighted by Gasteiger charge is -2.46. The topological polar surface area (TPSA) is 91.3 Å². The van der Waals surface area contributed by atoms with Crippen molar-refractivity contribution < 1.29 is 38.3 Å². The van der Waals surface area contributed by atoms with E-state index in [2.05, 4.69) is 54.2 Å². The Morgan fingerprint density at radius 1 is 0.580 bits per heavy atom. The molecule has 4 aromatic carbocycles. The Kier molecular flexibility index (Phi) is 7.91. The molecule has 3 unspecified atom stereocenters. The molecule has 3 aliphatic heterocycles. The Bertz CT molecular complexity index is 2030. The van der Waals surface area contributed by atoms with E-state index < -0.39 is 0 Å². The van der Waals surface area contributed by atoms with E-state index in [9.17, 15) is 5.11 Å². The van der Waals surface area contributed by atoms with Crippen LogP contribution in [0.1, 0.15) is 57.1 Å². The molecule has 4 aromatic rings. The van der Waals surface area contributed by atoms with Gasteiger partial charge in [-0.25, -0.2) is 0 Å². The molecule has 0 saturated carbocycles. The van der Waals surface area contributed by atoms with E-state index in [1.807, 2.05) is 0 Å². The van der Waals surface area contributed by atoms with Gasteiger partial charge in [0.25, 0.3) is 0 Å². The molecule has 4 aliphatic rings. The Morgan fingerprint density at radius 3 is 1.92 bits per heavy atom. The van der Waals surface area contributed by atoms with Crippen LogP contribution in [0.15, 0.2) is 36.4 Å². The number of phenols is 1. The maximum atomic E-state index is 11.6. The molecule has 0 aromatic heterocycles. The summed E-state index contributed by atoms with van der Waals surface area (Å²) in [6.45, 7) is 0.958. The largest absolute Gasteiger partial charge is 0.504 e. The van der Waals surface area contributed by atoms with Crippen LogP contribution in [-0.4, -0.2) is 78.2 Å². The normalized spacial score (nSPS) is 20.1. The fraction of sp³-hybridized carbons (Fsp3) is 0.400. The average molecular weight is 681 g/mol. The molecule has 2 bridgehead atoms. The molecule has 10 nitrogen and oxygen atoms in total. The van der Waals surface area contributed by atoms with Crippen molar-refractivity contribution in [2.75, 3.05) is 63.3 Å². The predicted molar refractivity (Wildman–Crippen MR) is 189 cm³/mol. The van der Waals surface area contributed by atoms with Crippen LogP contribution < -0.4 is 33.2 Å². The van der Waals surface area contributed by atoms with Gasteiger partial charge in [0, 0.05) is 47.4 Å². The first-order chi connectivity index (χ1) is 24.2. The minimum absolute atomic E-state index is 0.0339. The van der Waals surface area contributed by atoms with Crippen LogP contribution in [0.4, 0.5) is 0 Å². The van der Waals surface area contributed by atoms with Crippen LogP contribution in [0.25, 0.3) is 11.1 Å². The van der Waals surface area contributed by atoms with Crippen LogP contribution in [0, 0.1) is 0 Å². The molecular weight excluding hydrogens is 636 g/mol. The van der Waals surface area contributed by atoms with Gasteiger partial charge in [0.15, 0.2) is 46.0 Å². The van der Waals surface area contributed by atoms with Crippen molar-refractivity contribution in [2.24, 2.45) is 0 Å². The molecule has 1 aliphatic carbocycles. The zero-order chi connectivity index (χ0) is 35.0. The van der Waals surface area contributed by atoms with E-state index in [1.54, 1.807) is 48.7 Å². The summed E-state index contributed by atoms with van der Waals surface area (Å²) in [6, 6.07) is 12.4. The number of ether oxygens (including phenoxy) is 7. The van der Waals surface area contributed by atoms with Crippen LogP contribution in [0.2, 0.25) is 0 Å². The maximum absolute atomic E-state index is 11.6. The summed E-state index contributed by atoms with van der Waals surface area (Å²) < 4.78 is 41.9. The predicted octanol–water partition coefficient (Wildman–Crippen LogP) is 6.81. The third-order valence-corrected chi connectivity index (χ3v) is 11.4. The van der Waals surface area contributed by atoms with Crippen LogP contribution in [0.3, 0.4) is 0 Å². The Morgan fingerprint density at radius 2 is 1.22 bits per heavy atom. The fourth-order valence-electron chi connectivity index (χ4n) is 8.88. The summed E-state index contributed by atoms with van der Waals surface area (Å²) >= 11 is 0. The summed E-state index contributed by atoms with van der Waals surface area (Å²) in [5.41, 5.74) is 9.94. The van der Waals surface area contributed by atoms with Gasteiger partial charge in [0.05, 0.1) is 42.7 Å². The van der Waals surface area contributed by atoms with Crippen LogP contribution >= 0.6 is 0 Å². The molecule has 0 fully saturated rings. The third-order valence-electron chi connectivity index (χ3n) is 11.4. The van der Waals surface area contributed by atoms with Crippen molar-refractivity contribution >= 4 is 0 Å². The Balaban J connectivity index is 1.26. The molecule has 0 spiro atoms. The highest BCUT2D eigenvalue weighted by molar-refractivity contribution is 5.85. The molecule has 10 heteroatoms. The smallest absolute Gasteiger partial charge is 0.169 e. The van der Waals surface area contributed by atoms with Crippen molar-refractivity contribution in [3.63, 3.8) is 0 Å². The molecule has 0 radical (unpaired) electrons. The summed E-state index contributed by atoms with van der Waals surface area (Å²) in [5, 5.41) is 11.6. The van der Waals surface area contributed by atoms with Gasteiger partial charge in [-0.2, -0.15) is 0 Å². The number of benzene rings is 4. The zero-order valence-electron chi connectivity index (χ0n) is 29.9. The number of aromatic hydroxyl groups is 1. The number of phenolic OH excluding ortho intramolecular Hbond substituents is 1. The molecule has 0 amide bonds. The highest BCUT2D eigenvalue weighted by atomic mass is 16.5. The first kappa shape index (κ1) is 32.4. The van der Waals surface area contributed by atoms with Crippen molar-refractivity contribution in [1.82, 2.24) is 9.80 Å². The van der Waals surface area contributed by atoms with Gasteiger partial charge >= 0.3 is 0 Å². The van der Waals surface area contributed by atoms with Crippen LogP contribution in [0.5, 0.6) is 51.7 Å². The van der Waals surface area contributed by atoms with Gasteiger partial charge in [0.1, 0.15) is 5.75 Å². The molecule has 3 heterocycles. The van der Waals surface area contributed by atoms with Gasteiger partial charge in [-0.15, -0.1) is 0 Å². The van der Waals surface area contributed by atoms with E-state index in [0.717, 1.165) is 58.7 Å². The van der Waals surface area contributed by atoms with Gasteiger partial charge in [-0.1, -0.05) is 0 Å². The number of likely N-dealkylation sites (N-methyl/N-ethyl adjacent to an activating group) is 2. The molecule has 1 N–H and O–H groups in total. The number of hydrogen-bond acceptors (Lipinski definition) is 10. The SMILES string of the molecule is COc1cc2c(cc1OC)C1Cc3c(Oc4cc5c(cc4OC)-c4c(OC)c(OC)cc6c4C(C5)N(C)CC6)cc(OC)c(O)c3C(C2)N1C. The molecule has 262 valence electrons. The molecular formula is C40H44N2O8. The zero-order valence-corrected chi connectivity index (χ0v) is 29.9. The summed E-state index contributed by atoms with van der Waals surface area (Å²) in [6.07, 6.45) is 3.05. The lowest BCUT2D eigenvalue weighted by molar-refractivity contribution is 0.132. The quantitative estimate of drug-likeness (QED) is 0.214. The number of fused-ring (bicyclic) bond motifs is 8. The van der Waals surface area contributed by atoms with Crippen molar-refractivity contribution in [3.8, 4) is 62.9 Å². The Hall–Kier alpha value is -4.80. The van der Waals surface area contributed by atoms with Crippen molar-refractivity contribution in [2.45, 2.75) is 43.8 Å². The van der Waals surface area contributed by atoms with Gasteiger partial charge in [-0.3, -0.25) is 9.80 Å². The van der Waals surface area contributed by atoms with Crippen LogP contribution in [-0.2, 0) is 25.7 Å². The van der Waals surface area contributed by atoms with Gasteiger partial charge < -0.3 is 38.3 Å². The number of hydrogen-bond donors (Lipinski definition) is 1. The molecule has 50 heavy (non-hydrogen) atoms. The van der Waals surface area contributed by atoms with E-state index in [4.69, 9.17) is 33.2 Å². The highest BCUT2D eigenvalue weighted by Crippen LogP contribution is 2.57. The van der Waals surface area contributed by atoms with Crippen molar-refractivity contribution in [1.29, 1.82) is 0 Å². The summed E-state index contributed by atoms with van der Waals surface area (Å²) in [4.78, 5) is 4.75. The average Bonchev–Trinajstić information content (AvgIpc) is 3.13. The van der Waals surface area contributed by atoms with Gasteiger partial charge in [-0.05, 0) is 103 Å². The second-order valence-electron chi connectivity index (χ2n) is 13.6. The number of methoxy groups -OCH3 is 6. The number of rotatable bonds is 8. The lowest BCUT2D eigenvalue weighted by Crippen LogP contribution is -2.40. The van der Waals surface area contributed by atoms with Crippen molar-refractivity contribution in [3.05, 3.63) is 75.3 Å². The summed E-state index contributed by atoms with van der Waals surface area (Å²) in [7, 11) is 14.2. The second kappa shape index (κ2) is 12.2. The first-order valence-electron chi connectivity index (χ1n) is 17.0. The highest BCUT2D eigenvalue weighted by Gasteiger charge is 2.43. The molecule has 3 atom stereocenters. The van der Waals surface area contributed by atoms with E-state index >= 15 is 0 Å². The minimum Gasteiger partial charge on any atom is -0.504 e.